The maximum absolute atomic E-state index is 11.4. The number of hydrogen-bond donors (Lipinski definition) is 2. The average Bonchev–Trinajstić information content (AvgIpc) is 2.74. The molecular formula is C21H25N3O7S. The molecule has 0 spiro atoms. The van der Waals surface area contributed by atoms with Gasteiger partial charge in [-0.05, 0) is 31.2 Å². The van der Waals surface area contributed by atoms with Crippen molar-refractivity contribution < 1.29 is 32.5 Å². The topological polar surface area (TPSA) is 136 Å². The van der Waals surface area contributed by atoms with E-state index in [1.165, 1.54) is 13.1 Å². The summed E-state index contributed by atoms with van der Waals surface area (Å²) in [5.74, 6) is 0.0793. The molecule has 1 aromatic carbocycles. The number of sulfone groups is 1. The van der Waals surface area contributed by atoms with Crippen LogP contribution in [0.5, 0.6) is 17.2 Å². The number of pyridine rings is 1. The molecule has 1 saturated heterocycles. The number of hydrazone groups is 1. The Kier molecular flexibility index (Phi) is 7.65. The summed E-state index contributed by atoms with van der Waals surface area (Å²) in [6.45, 7) is 2.59. The Morgan fingerprint density at radius 2 is 1.97 bits per heavy atom. The first-order valence-electron chi connectivity index (χ1n) is 9.92. The van der Waals surface area contributed by atoms with Crippen LogP contribution in [0.1, 0.15) is 25.5 Å². The minimum absolute atomic E-state index is 0.0546. The molecule has 0 aliphatic carbocycles. The van der Waals surface area contributed by atoms with Crippen molar-refractivity contribution in [3.63, 3.8) is 0 Å². The number of aliphatic carboxylic acids is 1. The number of nitrogens with zero attached hydrogens (tertiary/aromatic N) is 2. The van der Waals surface area contributed by atoms with E-state index < -0.39 is 15.8 Å². The Morgan fingerprint density at radius 1 is 1.25 bits per heavy atom. The number of aromatic nitrogens is 1. The zero-order chi connectivity index (χ0) is 23.1. The van der Waals surface area contributed by atoms with Gasteiger partial charge in [0.1, 0.15) is 29.1 Å². The molecule has 1 aromatic heterocycles. The van der Waals surface area contributed by atoms with Crippen LogP contribution in [-0.2, 0) is 25.1 Å². The number of carbonyl (C=O) groups is 1. The van der Waals surface area contributed by atoms with E-state index in [0.717, 1.165) is 19.1 Å². The van der Waals surface area contributed by atoms with Crippen molar-refractivity contribution in [2.24, 2.45) is 5.10 Å². The summed E-state index contributed by atoms with van der Waals surface area (Å²) in [5.41, 5.74) is 3.55. The number of anilines is 1. The van der Waals surface area contributed by atoms with E-state index in [1.54, 1.807) is 30.3 Å². The average molecular weight is 464 g/mol. The number of nitrogens with one attached hydrogen (secondary N) is 1. The molecule has 0 saturated carbocycles. The zero-order valence-electron chi connectivity index (χ0n) is 17.8. The van der Waals surface area contributed by atoms with Crippen LogP contribution < -0.4 is 14.9 Å². The predicted octanol–water partition coefficient (Wildman–Crippen LogP) is 2.85. The lowest BCUT2D eigenvalue weighted by Gasteiger charge is -2.24. The van der Waals surface area contributed by atoms with Gasteiger partial charge < -0.3 is 19.3 Å². The van der Waals surface area contributed by atoms with Gasteiger partial charge in [0.25, 0.3) is 0 Å². The third kappa shape index (κ3) is 7.20. The molecule has 32 heavy (non-hydrogen) atoms. The molecule has 11 heteroatoms. The Hall–Kier alpha value is -3.18. The molecule has 2 N–H and O–H groups in total. The third-order valence-electron chi connectivity index (χ3n) is 4.51. The Balaban J connectivity index is 1.79. The van der Waals surface area contributed by atoms with E-state index in [-0.39, 0.29) is 17.6 Å². The third-order valence-corrected chi connectivity index (χ3v) is 5.33. The fraction of sp³-hybridized carbons (Fsp3) is 0.381. The van der Waals surface area contributed by atoms with Crippen LogP contribution in [0.15, 0.2) is 41.6 Å². The Bertz CT molecular complexity index is 1080. The molecule has 10 nitrogen and oxygen atoms in total. The highest BCUT2D eigenvalue weighted by Gasteiger charge is 2.18. The van der Waals surface area contributed by atoms with Gasteiger partial charge in [-0.1, -0.05) is 0 Å². The van der Waals surface area contributed by atoms with Crippen LogP contribution in [-0.4, -0.2) is 55.8 Å². The highest BCUT2D eigenvalue weighted by atomic mass is 32.2. The van der Waals surface area contributed by atoms with E-state index in [9.17, 15) is 13.2 Å². The summed E-state index contributed by atoms with van der Waals surface area (Å²) in [6.07, 6.45) is 4.01. The predicted molar refractivity (Wildman–Crippen MR) is 118 cm³/mol. The fourth-order valence-corrected chi connectivity index (χ4v) is 3.59. The number of hydrogen-bond acceptors (Lipinski definition) is 9. The molecule has 1 aliphatic heterocycles. The van der Waals surface area contributed by atoms with Gasteiger partial charge in [-0.2, -0.15) is 5.10 Å². The van der Waals surface area contributed by atoms with Crippen LogP contribution in [0.2, 0.25) is 0 Å². The molecule has 3 rings (SSSR count). The second kappa shape index (κ2) is 10.4. The van der Waals surface area contributed by atoms with Gasteiger partial charge in [0.05, 0.1) is 36.5 Å². The first kappa shape index (κ1) is 23.5. The Morgan fingerprint density at radius 3 is 2.59 bits per heavy atom. The van der Waals surface area contributed by atoms with Crippen molar-refractivity contribution in [2.75, 3.05) is 24.9 Å². The first-order valence-corrected chi connectivity index (χ1v) is 12.0. The van der Waals surface area contributed by atoms with Crippen molar-refractivity contribution in [1.29, 1.82) is 0 Å². The summed E-state index contributed by atoms with van der Waals surface area (Å²) in [4.78, 5) is 15.1. The molecule has 0 atom stereocenters. The molecule has 0 amide bonds. The van der Waals surface area contributed by atoms with Gasteiger partial charge in [0, 0.05) is 25.2 Å². The van der Waals surface area contributed by atoms with Crippen LogP contribution in [0, 0.1) is 0 Å². The number of ether oxygens (including phenoxy) is 3. The minimum Gasteiger partial charge on any atom is -0.488 e. The number of benzene rings is 1. The monoisotopic (exact) mass is 463 g/mol. The summed E-state index contributed by atoms with van der Waals surface area (Å²) in [6, 6.07) is 8.26. The highest BCUT2D eigenvalue weighted by molar-refractivity contribution is 7.89. The maximum atomic E-state index is 11.4. The van der Waals surface area contributed by atoms with Crippen molar-refractivity contribution in [3.8, 4) is 17.2 Å². The van der Waals surface area contributed by atoms with Gasteiger partial charge in [-0.25, -0.2) is 13.2 Å². The van der Waals surface area contributed by atoms with E-state index in [2.05, 4.69) is 15.5 Å². The number of carboxylic acids is 1. The van der Waals surface area contributed by atoms with E-state index in [1.807, 2.05) is 0 Å². The molecule has 0 radical (unpaired) electrons. The second-order valence-electron chi connectivity index (χ2n) is 7.36. The summed E-state index contributed by atoms with van der Waals surface area (Å²) >= 11 is 0. The fourth-order valence-electron chi connectivity index (χ4n) is 2.88. The molecule has 0 bridgehead atoms. The van der Waals surface area contributed by atoms with E-state index >= 15 is 0 Å². The SMILES string of the molecule is CC(=NNc1ccc(Oc2ccc(CS(C)(=O)=O)nc2)cc1OC1CCOCC1)C(=O)O. The van der Waals surface area contributed by atoms with E-state index in [0.29, 0.717) is 41.8 Å². The van der Waals surface area contributed by atoms with Crippen molar-refractivity contribution >= 4 is 27.2 Å². The molecule has 172 valence electrons. The smallest absolute Gasteiger partial charge is 0.351 e. The lowest BCUT2D eigenvalue weighted by Crippen LogP contribution is -2.26. The van der Waals surface area contributed by atoms with Crippen LogP contribution in [0.4, 0.5) is 5.69 Å². The van der Waals surface area contributed by atoms with Crippen LogP contribution in [0.25, 0.3) is 0 Å². The minimum atomic E-state index is -3.17. The molecule has 1 aliphatic rings. The van der Waals surface area contributed by atoms with E-state index in [4.69, 9.17) is 19.3 Å². The Labute approximate surface area is 186 Å². The molecule has 1 fully saturated rings. The van der Waals surface area contributed by atoms with Gasteiger partial charge in [-0.3, -0.25) is 10.4 Å². The summed E-state index contributed by atoms with van der Waals surface area (Å²) in [5, 5.41) is 12.9. The van der Waals surface area contributed by atoms with Gasteiger partial charge in [-0.15, -0.1) is 0 Å². The van der Waals surface area contributed by atoms with Gasteiger partial charge in [0.15, 0.2) is 9.84 Å². The van der Waals surface area contributed by atoms with Crippen molar-refractivity contribution in [2.45, 2.75) is 31.6 Å². The lowest BCUT2D eigenvalue weighted by molar-refractivity contribution is -0.129. The van der Waals surface area contributed by atoms with Crippen molar-refractivity contribution in [3.05, 3.63) is 42.2 Å². The highest BCUT2D eigenvalue weighted by Crippen LogP contribution is 2.33. The molecule has 2 aromatic rings. The standard InChI is InChI=1S/C21H25N3O7S/c1-14(21(25)26)23-24-19-6-5-17(11-20(19)31-16-7-9-29-10-8-16)30-18-4-3-15(22-12-18)13-32(2,27)28/h3-6,11-12,16,24H,7-10,13H2,1-2H3,(H,25,26). The quantitative estimate of drug-likeness (QED) is 0.425. The molecule has 2 heterocycles. The molecular weight excluding hydrogens is 438 g/mol. The number of carboxylic acid groups (broad SMARTS) is 1. The number of rotatable bonds is 9. The van der Waals surface area contributed by atoms with Gasteiger partial charge >= 0.3 is 5.97 Å². The maximum Gasteiger partial charge on any atom is 0.351 e. The first-order chi connectivity index (χ1) is 15.2. The zero-order valence-corrected chi connectivity index (χ0v) is 18.6. The lowest BCUT2D eigenvalue weighted by atomic mass is 10.1. The van der Waals surface area contributed by atoms with Gasteiger partial charge in [0.2, 0.25) is 0 Å². The van der Waals surface area contributed by atoms with Crippen LogP contribution in [0.3, 0.4) is 0 Å². The normalized spacial score (nSPS) is 15.2. The second-order valence-corrected chi connectivity index (χ2v) is 9.50. The van der Waals surface area contributed by atoms with Crippen LogP contribution >= 0.6 is 0 Å². The summed E-state index contributed by atoms with van der Waals surface area (Å²) in [7, 11) is -3.17. The summed E-state index contributed by atoms with van der Waals surface area (Å²) < 4.78 is 40.1. The largest absolute Gasteiger partial charge is 0.488 e. The molecule has 0 unspecified atom stereocenters. The van der Waals surface area contributed by atoms with Crippen molar-refractivity contribution in [1.82, 2.24) is 4.98 Å².